The predicted molar refractivity (Wildman–Crippen MR) is 120 cm³/mol. The number of ketones is 1. The summed E-state index contributed by atoms with van der Waals surface area (Å²) < 4.78 is 0. The third-order valence-electron chi connectivity index (χ3n) is 4.59. The van der Waals surface area contributed by atoms with Crippen LogP contribution < -0.4 is 11.1 Å². The number of nitrogens with zero attached hydrogens (tertiary/aromatic N) is 1. The van der Waals surface area contributed by atoms with E-state index in [-0.39, 0.29) is 17.3 Å². The van der Waals surface area contributed by atoms with Crippen LogP contribution in [0.15, 0.2) is 90.0 Å². The number of benzene rings is 3. The lowest BCUT2D eigenvalue weighted by Gasteiger charge is -2.13. The highest BCUT2D eigenvalue weighted by molar-refractivity contribution is 6.17. The molecule has 148 valence electrons. The molecular formula is C24H19N3O3. The fourth-order valence-corrected chi connectivity index (χ4v) is 3.03. The van der Waals surface area contributed by atoms with Crippen molar-refractivity contribution in [3.63, 3.8) is 0 Å². The van der Waals surface area contributed by atoms with Crippen molar-refractivity contribution >= 4 is 34.2 Å². The number of carbonyl (C=O) groups excluding carboxylic acids is 1. The van der Waals surface area contributed by atoms with Crippen molar-refractivity contribution in [1.29, 1.82) is 0 Å². The van der Waals surface area contributed by atoms with E-state index in [0.717, 1.165) is 16.9 Å². The molecule has 1 aliphatic rings. The van der Waals surface area contributed by atoms with Gasteiger partial charge in [0.25, 0.3) is 0 Å². The lowest BCUT2D eigenvalue weighted by atomic mass is 10.0. The maximum Gasteiger partial charge on any atom is 0.178 e. The number of anilines is 3. The number of nitrogens with one attached hydrogen (secondary N) is 1. The number of nitrogen functional groups attached to an aromatic ring is 1. The summed E-state index contributed by atoms with van der Waals surface area (Å²) in [7, 11) is 0. The minimum absolute atomic E-state index is 0.0502. The van der Waals surface area contributed by atoms with Crippen molar-refractivity contribution in [3.8, 4) is 22.6 Å². The number of nitrogens with two attached hydrogens (primary N) is 1. The van der Waals surface area contributed by atoms with Crippen LogP contribution >= 0.6 is 0 Å². The molecule has 0 aliphatic heterocycles. The molecule has 30 heavy (non-hydrogen) atoms. The summed E-state index contributed by atoms with van der Waals surface area (Å²) in [5, 5.41) is 23.1. The van der Waals surface area contributed by atoms with Crippen LogP contribution in [0.3, 0.4) is 0 Å². The van der Waals surface area contributed by atoms with Gasteiger partial charge in [-0.2, -0.15) is 0 Å². The molecule has 0 spiro atoms. The van der Waals surface area contributed by atoms with E-state index in [0.29, 0.717) is 22.6 Å². The van der Waals surface area contributed by atoms with Gasteiger partial charge in [-0.3, -0.25) is 4.79 Å². The maximum absolute atomic E-state index is 11.2. The van der Waals surface area contributed by atoms with Gasteiger partial charge in [0.2, 0.25) is 0 Å². The number of hydrogen-bond acceptors (Lipinski definition) is 6. The first-order chi connectivity index (χ1) is 14.5. The number of phenols is 2. The summed E-state index contributed by atoms with van der Waals surface area (Å²) in [6.07, 6.45) is 6.30. The van der Waals surface area contributed by atoms with Gasteiger partial charge in [-0.05, 0) is 72.3 Å². The van der Waals surface area contributed by atoms with E-state index in [2.05, 4.69) is 10.3 Å². The second-order valence-electron chi connectivity index (χ2n) is 6.78. The zero-order chi connectivity index (χ0) is 21.1. The monoisotopic (exact) mass is 397 g/mol. The molecule has 4 rings (SSSR count). The van der Waals surface area contributed by atoms with Crippen LogP contribution in [0.1, 0.15) is 0 Å². The average molecular weight is 397 g/mol. The molecule has 6 nitrogen and oxygen atoms in total. The number of carbonyl (C=O) groups is 1. The standard InChI is InChI=1S/C24H19N3O3/c25-22-13-21(15-1-9-19(28)10-2-15)24(30)14-23(22)27-18-5-3-16(4-6-18)26-17-7-11-20(29)12-8-17/h1-14,27-28,30H,25H2. The van der Waals surface area contributed by atoms with Crippen molar-refractivity contribution in [2.75, 3.05) is 11.1 Å². The molecule has 0 saturated carbocycles. The Bertz CT molecular complexity index is 1170. The first kappa shape index (κ1) is 19.0. The topological polar surface area (TPSA) is 108 Å². The molecule has 0 bridgehead atoms. The SMILES string of the molecule is Nc1cc(-c2ccc(O)cc2)c(O)cc1Nc1ccc(N=C2C=CC(=O)C=C2)cc1. The van der Waals surface area contributed by atoms with E-state index in [9.17, 15) is 15.0 Å². The Morgan fingerprint density at radius 1 is 0.833 bits per heavy atom. The molecule has 5 N–H and O–H groups in total. The number of aromatic hydroxyl groups is 2. The molecule has 3 aromatic rings. The molecular weight excluding hydrogens is 378 g/mol. The Balaban J connectivity index is 1.53. The molecule has 0 heterocycles. The number of aliphatic imine (C=N–C) groups is 1. The summed E-state index contributed by atoms with van der Waals surface area (Å²) in [5.74, 6) is 0.179. The van der Waals surface area contributed by atoms with Crippen LogP contribution in [-0.4, -0.2) is 21.7 Å². The zero-order valence-electron chi connectivity index (χ0n) is 15.9. The second kappa shape index (κ2) is 7.97. The summed E-state index contributed by atoms with van der Waals surface area (Å²) in [6.45, 7) is 0. The molecule has 0 radical (unpaired) electrons. The van der Waals surface area contributed by atoms with Crippen LogP contribution in [-0.2, 0) is 4.79 Å². The lowest BCUT2D eigenvalue weighted by molar-refractivity contribution is -0.110. The average Bonchev–Trinajstić information content (AvgIpc) is 2.74. The fourth-order valence-electron chi connectivity index (χ4n) is 3.03. The van der Waals surface area contributed by atoms with Crippen LogP contribution in [0.4, 0.5) is 22.7 Å². The van der Waals surface area contributed by atoms with Crippen molar-refractivity contribution in [2.45, 2.75) is 0 Å². The number of allylic oxidation sites excluding steroid dienone is 4. The zero-order valence-corrected chi connectivity index (χ0v) is 15.9. The van der Waals surface area contributed by atoms with Crippen molar-refractivity contribution in [3.05, 3.63) is 85.0 Å². The number of hydrogen-bond donors (Lipinski definition) is 4. The van der Waals surface area contributed by atoms with Gasteiger partial charge >= 0.3 is 0 Å². The van der Waals surface area contributed by atoms with Gasteiger partial charge in [0.1, 0.15) is 11.5 Å². The van der Waals surface area contributed by atoms with Crippen molar-refractivity contribution < 1.29 is 15.0 Å². The summed E-state index contributed by atoms with van der Waals surface area (Å²) in [6, 6.07) is 17.2. The van der Waals surface area contributed by atoms with Gasteiger partial charge in [0.05, 0.1) is 22.8 Å². The van der Waals surface area contributed by atoms with E-state index in [1.165, 1.54) is 12.2 Å². The third-order valence-corrected chi connectivity index (χ3v) is 4.59. The smallest absolute Gasteiger partial charge is 0.178 e. The number of rotatable bonds is 4. The van der Waals surface area contributed by atoms with Crippen LogP contribution in [0.2, 0.25) is 0 Å². The first-order valence-corrected chi connectivity index (χ1v) is 9.26. The molecule has 0 fully saturated rings. The minimum atomic E-state index is -0.0502. The quantitative estimate of drug-likeness (QED) is 0.286. The van der Waals surface area contributed by atoms with E-state index < -0.39 is 0 Å². The normalized spacial score (nSPS) is 12.8. The van der Waals surface area contributed by atoms with Gasteiger partial charge in [-0.1, -0.05) is 12.1 Å². The second-order valence-corrected chi connectivity index (χ2v) is 6.78. The minimum Gasteiger partial charge on any atom is -0.508 e. The highest BCUT2D eigenvalue weighted by Crippen LogP contribution is 2.37. The highest BCUT2D eigenvalue weighted by Gasteiger charge is 2.10. The summed E-state index contributed by atoms with van der Waals surface area (Å²) >= 11 is 0. The van der Waals surface area contributed by atoms with Gasteiger partial charge < -0.3 is 21.3 Å². The van der Waals surface area contributed by atoms with Gasteiger partial charge in [-0.25, -0.2) is 4.99 Å². The maximum atomic E-state index is 11.2. The van der Waals surface area contributed by atoms with Crippen LogP contribution in [0.5, 0.6) is 11.5 Å². The molecule has 0 aromatic heterocycles. The molecule has 0 atom stereocenters. The van der Waals surface area contributed by atoms with E-state index in [4.69, 9.17) is 5.73 Å². The Kier molecular flexibility index (Phi) is 5.05. The van der Waals surface area contributed by atoms with E-state index in [1.54, 1.807) is 48.6 Å². The number of phenolic OH excluding ortho intramolecular Hbond substituents is 2. The molecule has 0 saturated heterocycles. The Labute approximate surface area is 173 Å². The fraction of sp³-hybridized carbons (Fsp3) is 0. The molecule has 6 heteroatoms. The summed E-state index contributed by atoms with van der Waals surface area (Å²) in [5.41, 5.74) is 10.8. The Hall–Kier alpha value is -4.32. The van der Waals surface area contributed by atoms with E-state index >= 15 is 0 Å². The van der Waals surface area contributed by atoms with Crippen LogP contribution in [0.25, 0.3) is 11.1 Å². The Morgan fingerprint density at radius 2 is 1.50 bits per heavy atom. The van der Waals surface area contributed by atoms with Gasteiger partial charge in [0.15, 0.2) is 5.78 Å². The molecule has 3 aromatic carbocycles. The molecule has 1 aliphatic carbocycles. The molecule has 0 amide bonds. The largest absolute Gasteiger partial charge is 0.508 e. The third kappa shape index (κ3) is 4.23. The van der Waals surface area contributed by atoms with Crippen molar-refractivity contribution in [1.82, 2.24) is 0 Å². The van der Waals surface area contributed by atoms with Crippen molar-refractivity contribution in [2.24, 2.45) is 4.99 Å². The highest BCUT2D eigenvalue weighted by atomic mass is 16.3. The van der Waals surface area contributed by atoms with E-state index in [1.807, 2.05) is 24.3 Å². The van der Waals surface area contributed by atoms with Gasteiger partial charge in [-0.15, -0.1) is 0 Å². The molecule has 0 unspecified atom stereocenters. The lowest BCUT2D eigenvalue weighted by Crippen LogP contribution is -1.98. The van der Waals surface area contributed by atoms with Gasteiger partial charge in [0, 0.05) is 17.3 Å². The predicted octanol–water partition coefficient (Wildman–Crippen LogP) is 4.86. The summed E-state index contributed by atoms with van der Waals surface area (Å²) in [4.78, 5) is 15.6. The van der Waals surface area contributed by atoms with Crippen LogP contribution in [0, 0.1) is 0 Å². The first-order valence-electron chi connectivity index (χ1n) is 9.26. The Morgan fingerprint density at radius 3 is 2.17 bits per heavy atom.